The molecule has 1 saturated carbocycles. The predicted molar refractivity (Wildman–Crippen MR) is 119 cm³/mol. The van der Waals surface area contributed by atoms with E-state index in [1.807, 2.05) is 36.1 Å². The number of rotatable bonds is 6. The highest BCUT2D eigenvalue weighted by atomic mass is 32.2. The van der Waals surface area contributed by atoms with E-state index in [1.54, 1.807) is 23.1 Å². The normalized spacial score (nSPS) is 17.4. The van der Waals surface area contributed by atoms with Crippen LogP contribution in [0.1, 0.15) is 70.2 Å². The summed E-state index contributed by atoms with van der Waals surface area (Å²) in [5.41, 5.74) is 1.87. The molecule has 1 aromatic carbocycles. The number of benzene rings is 1. The molecule has 1 N–H and O–H groups in total. The molecule has 0 atom stereocenters. The number of H-pyrrole nitrogens is 1. The van der Waals surface area contributed by atoms with Gasteiger partial charge in [-0.2, -0.15) is 5.10 Å². The first-order chi connectivity index (χ1) is 14.7. The maximum atomic E-state index is 12.9. The molecule has 3 heterocycles. The highest BCUT2D eigenvalue weighted by molar-refractivity contribution is 7.98. The smallest absolute Gasteiger partial charge is 0.253 e. The molecule has 1 aliphatic heterocycles. The summed E-state index contributed by atoms with van der Waals surface area (Å²) in [4.78, 5) is 25.2. The molecule has 30 heavy (non-hydrogen) atoms. The number of piperidine rings is 1. The zero-order valence-electron chi connectivity index (χ0n) is 17.0. The Labute approximate surface area is 184 Å². The Balaban J connectivity index is 1.14. The van der Waals surface area contributed by atoms with Gasteiger partial charge >= 0.3 is 0 Å². The highest BCUT2D eigenvalue weighted by Gasteiger charge is 2.30. The van der Waals surface area contributed by atoms with Gasteiger partial charge < -0.3 is 4.90 Å². The fourth-order valence-corrected chi connectivity index (χ4v) is 5.37. The number of aromatic amines is 1. The first kappa shape index (κ1) is 19.8. The van der Waals surface area contributed by atoms with E-state index in [-0.39, 0.29) is 5.91 Å². The number of nitrogens with one attached hydrogen (secondary N) is 1. The van der Waals surface area contributed by atoms with Crippen LogP contribution >= 0.6 is 23.1 Å². The Bertz CT molecular complexity index is 1020. The number of hydrogen-bond acceptors (Lipinski definition) is 6. The van der Waals surface area contributed by atoms with Crippen molar-refractivity contribution in [2.45, 2.75) is 55.1 Å². The van der Waals surface area contributed by atoms with E-state index in [9.17, 15) is 4.79 Å². The van der Waals surface area contributed by atoms with Crippen molar-refractivity contribution in [3.63, 3.8) is 0 Å². The number of thiazole rings is 1. The van der Waals surface area contributed by atoms with Crippen molar-refractivity contribution in [2.75, 3.05) is 13.1 Å². The minimum atomic E-state index is 0.122. The number of aromatic nitrogens is 4. The summed E-state index contributed by atoms with van der Waals surface area (Å²) < 4.78 is 0. The molecule has 6 nitrogen and oxygen atoms in total. The summed E-state index contributed by atoms with van der Waals surface area (Å²) in [6.07, 6.45) is 4.30. The van der Waals surface area contributed by atoms with E-state index in [0.717, 1.165) is 64.5 Å². The number of thioether (sulfide) groups is 1. The lowest BCUT2D eigenvalue weighted by molar-refractivity contribution is 0.0711. The van der Waals surface area contributed by atoms with Crippen LogP contribution in [0.3, 0.4) is 0 Å². The average Bonchev–Trinajstić information content (AvgIpc) is 3.36. The topological polar surface area (TPSA) is 74.8 Å². The second-order valence-electron chi connectivity index (χ2n) is 8.09. The molecular formula is C22H25N5OS2. The molecule has 5 rings (SSSR count). The quantitative estimate of drug-likeness (QED) is 0.561. The predicted octanol–water partition coefficient (Wildman–Crippen LogP) is 4.76. The van der Waals surface area contributed by atoms with E-state index in [4.69, 9.17) is 4.98 Å². The van der Waals surface area contributed by atoms with Crippen molar-refractivity contribution in [2.24, 2.45) is 0 Å². The fraction of sp³-hybridized carbons (Fsp3) is 0.455. The Morgan fingerprint density at radius 3 is 2.57 bits per heavy atom. The van der Waals surface area contributed by atoms with Crippen LogP contribution in [0, 0.1) is 6.92 Å². The molecule has 1 saturated heterocycles. The lowest BCUT2D eigenvalue weighted by Crippen LogP contribution is -2.38. The summed E-state index contributed by atoms with van der Waals surface area (Å²) in [5, 5.41) is 10.7. The van der Waals surface area contributed by atoms with Crippen LogP contribution in [-0.2, 0) is 5.75 Å². The van der Waals surface area contributed by atoms with Crippen LogP contribution in [0.4, 0.5) is 0 Å². The molecule has 0 radical (unpaired) electrons. The van der Waals surface area contributed by atoms with Gasteiger partial charge in [-0.1, -0.05) is 0 Å². The SMILES string of the molecule is Cc1nc(CSc2ccc(C(=O)N3CCC(c4nc(C5CC5)n[nH]4)CC3)cc2)cs1. The Kier molecular flexibility index (Phi) is 5.60. The van der Waals surface area contributed by atoms with E-state index in [0.29, 0.717) is 11.8 Å². The molecule has 3 aromatic rings. The monoisotopic (exact) mass is 439 g/mol. The van der Waals surface area contributed by atoms with Gasteiger partial charge in [0.05, 0.1) is 10.7 Å². The third-order valence-electron chi connectivity index (χ3n) is 5.79. The second-order valence-corrected chi connectivity index (χ2v) is 10.2. The van der Waals surface area contributed by atoms with Crippen molar-refractivity contribution in [1.29, 1.82) is 0 Å². The van der Waals surface area contributed by atoms with E-state index >= 15 is 0 Å². The van der Waals surface area contributed by atoms with Crippen molar-refractivity contribution in [3.8, 4) is 0 Å². The number of aryl methyl sites for hydroxylation is 1. The number of amides is 1. The Morgan fingerprint density at radius 1 is 1.13 bits per heavy atom. The standard InChI is InChI=1S/C22H25N5OS2/c1-14-23-18(12-29-14)13-30-19-6-4-17(5-7-19)22(28)27-10-8-16(9-11-27)21-24-20(25-26-21)15-2-3-15/h4-7,12,15-16H,2-3,8-11,13H2,1H3,(H,24,25,26). The number of hydrogen-bond donors (Lipinski definition) is 1. The highest BCUT2D eigenvalue weighted by Crippen LogP contribution is 2.38. The summed E-state index contributed by atoms with van der Waals surface area (Å²) in [7, 11) is 0. The van der Waals surface area contributed by atoms with Gasteiger partial charge in [0, 0.05) is 46.5 Å². The number of carbonyl (C=O) groups is 1. The van der Waals surface area contributed by atoms with Gasteiger partial charge in [-0.05, 0) is 56.9 Å². The molecule has 2 fully saturated rings. The first-order valence-electron chi connectivity index (χ1n) is 10.5. The minimum absolute atomic E-state index is 0.122. The van der Waals surface area contributed by atoms with Crippen molar-refractivity contribution >= 4 is 29.0 Å². The largest absolute Gasteiger partial charge is 0.339 e. The number of nitrogens with zero attached hydrogens (tertiary/aromatic N) is 4. The van der Waals surface area contributed by atoms with Gasteiger partial charge in [0.25, 0.3) is 5.91 Å². The maximum Gasteiger partial charge on any atom is 0.253 e. The molecule has 8 heteroatoms. The van der Waals surface area contributed by atoms with E-state index < -0.39 is 0 Å². The lowest BCUT2D eigenvalue weighted by Gasteiger charge is -2.31. The molecule has 1 amide bonds. The van der Waals surface area contributed by atoms with Crippen molar-refractivity contribution in [3.05, 3.63) is 57.6 Å². The molecule has 0 bridgehead atoms. The van der Waals surface area contributed by atoms with Gasteiger partial charge in [-0.25, -0.2) is 9.97 Å². The number of carbonyl (C=O) groups excluding carboxylic acids is 1. The minimum Gasteiger partial charge on any atom is -0.339 e. The van der Waals surface area contributed by atoms with Crippen molar-refractivity contribution < 1.29 is 4.79 Å². The number of likely N-dealkylation sites (tertiary alicyclic amines) is 1. The fourth-order valence-electron chi connectivity index (χ4n) is 3.86. The van der Waals surface area contributed by atoms with Crippen molar-refractivity contribution in [1.82, 2.24) is 25.1 Å². The molecule has 156 valence electrons. The third kappa shape index (κ3) is 4.44. The van der Waals surface area contributed by atoms with Crippen LogP contribution in [-0.4, -0.2) is 44.1 Å². The summed E-state index contributed by atoms with van der Waals surface area (Å²) in [6.45, 7) is 3.56. The molecule has 0 spiro atoms. The molecule has 2 aromatic heterocycles. The summed E-state index contributed by atoms with van der Waals surface area (Å²) in [6, 6.07) is 7.97. The summed E-state index contributed by atoms with van der Waals surface area (Å²) in [5.74, 6) is 3.91. The first-order valence-corrected chi connectivity index (χ1v) is 12.4. The molecule has 1 aliphatic carbocycles. The van der Waals surface area contributed by atoms with Gasteiger partial charge in [0.15, 0.2) is 5.82 Å². The van der Waals surface area contributed by atoms with Gasteiger partial charge in [0.2, 0.25) is 0 Å². The van der Waals surface area contributed by atoms with Crippen LogP contribution in [0.5, 0.6) is 0 Å². The van der Waals surface area contributed by atoms with Gasteiger partial charge in [-0.15, -0.1) is 23.1 Å². The Morgan fingerprint density at radius 2 is 1.90 bits per heavy atom. The molecular weight excluding hydrogens is 414 g/mol. The van der Waals surface area contributed by atoms with Gasteiger partial charge in [0.1, 0.15) is 5.82 Å². The molecule has 0 unspecified atom stereocenters. The maximum absolute atomic E-state index is 12.9. The molecule has 2 aliphatic rings. The second kappa shape index (κ2) is 8.51. The Hall–Kier alpha value is -2.19. The van der Waals surface area contributed by atoms with E-state index in [2.05, 4.69) is 20.6 Å². The van der Waals surface area contributed by atoms with Gasteiger partial charge in [-0.3, -0.25) is 9.89 Å². The zero-order chi connectivity index (χ0) is 20.5. The van der Waals surface area contributed by atoms with Crippen LogP contribution in [0.2, 0.25) is 0 Å². The zero-order valence-corrected chi connectivity index (χ0v) is 18.6. The third-order valence-corrected chi connectivity index (χ3v) is 7.65. The van der Waals surface area contributed by atoms with Crippen LogP contribution < -0.4 is 0 Å². The summed E-state index contributed by atoms with van der Waals surface area (Å²) >= 11 is 3.43. The van der Waals surface area contributed by atoms with E-state index in [1.165, 1.54) is 12.8 Å². The lowest BCUT2D eigenvalue weighted by atomic mass is 9.95. The van der Waals surface area contributed by atoms with Crippen LogP contribution in [0.15, 0.2) is 34.5 Å². The van der Waals surface area contributed by atoms with Crippen LogP contribution in [0.25, 0.3) is 0 Å². The average molecular weight is 440 g/mol.